The first kappa shape index (κ1) is 22.6. The van der Waals surface area contributed by atoms with Crippen LogP contribution >= 0.6 is 28.1 Å². The second-order valence-corrected chi connectivity index (χ2v) is 7.65. The number of hydrogen-bond acceptors (Lipinski definition) is 6. The summed E-state index contributed by atoms with van der Waals surface area (Å²) in [6, 6.07) is 14.3. The van der Waals surface area contributed by atoms with Crippen LogP contribution in [-0.4, -0.2) is 31.4 Å². The Bertz CT molecular complexity index is 1070. The number of halogens is 1. The second-order valence-electron chi connectivity index (χ2n) is 6.39. The minimum atomic E-state index is -0.599. The zero-order valence-electron chi connectivity index (χ0n) is 16.9. The zero-order chi connectivity index (χ0) is 22.4. The Kier molecular flexibility index (Phi) is 7.50. The highest BCUT2D eigenvalue weighted by Crippen LogP contribution is 2.41. The minimum Gasteiger partial charge on any atom is -0.493 e. The van der Waals surface area contributed by atoms with E-state index in [0.29, 0.717) is 37.9 Å². The van der Waals surface area contributed by atoms with Crippen LogP contribution in [0.3, 0.4) is 0 Å². The Morgan fingerprint density at radius 1 is 1.29 bits per heavy atom. The van der Waals surface area contributed by atoms with Gasteiger partial charge in [0.05, 0.1) is 35.5 Å². The van der Waals surface area contributed by atoms with Crippen LogP contribution in [0.1, 0.15) is 24.1 Å². The van der Waals surface area contributed by atoms with E-state index >= 15 is 0 Å². The van der Waals surface area contributed by atoms with Crippen molar-refractivity contribution >= 4 is 44.9 Å². The molecule has 2 N–H and O–H groups in total. The Morgan fingerprint density at radius 2 is 2.03 bits per heavy atom. The predicted octanol–water partition coefficient (Wildman–Crippen LogP) is 3.85. The molecule has 0 amide bonds. The molecule has 7 nitrogen and oxygen atoms in total. The normalized spacial score (nSPS) is 15.4. The first-order valence-corrected chi connectivity index (χ1v) is 10.6. The van der Waals surface area contributed by atoms with Gasteiger partial charge in [-0.2, -0.15) is 5.26 Å². The van der Waals surface area contributed by atoms with Crippen molar-refractivity contribution in [3.8, 4) is 17.6 Å². The van der Waals surface area contributed by atoms with Crippen LogP contribution in [0.25, 0.3) is 5.70 Å². The van der Waals surface area contributed by atoms with E-state index in [-0.39, 0.29) is 13.2 Å². The van der Waals surface area contributed by atoms with E-state index in [1.54, 1.807) is 19.1 Å². The summed E-state index contributed by atoms with van der Waals surface area (Å²) in [7, 11) is 1.50. The average molecular weight is 502 g/mol. The summed E-state index contributed by atoms with van der Waals surface area (Å²) in [5, 5.41) is 15.5. The lowest BCUT2D eigenvalue weighted by Gasteiger charge is -2.31. The maximum atomic E-state index is 13.0. The number of methoxy groups -OCH3 is 1. The number of hydrogen-bond donors (Lipinski definition) is 2. The van der Waals surface area contributed by atoms with Crippen molar-refractivity contribution in [2.45, 2.75) is 13.0 Å². The van der Waals surface area contributed by atoms with Crippen molar-refractivity contribution in [1.82, 2.24) is 10.6 Å². The largest absolute Gasteiger partial charge is 0.493 e. The predicted molar refractivity (Wildman–Crippen MR) is 123 cm³/mol. The van der Waals surface area contributed by atoms with Crippen LogP contribution < -0.4 is 20.1 Å². The van der Waals surface area contributed by atoms with Gasteiger partial charge in [0.2, 0.25) is 0 Å². The molecular formula is C22H20BrN3O4S. The summed E-state index contributed by atoms with van der Waals surface area (Å²) in [4.78, 5) is 13.0. The molecule has 0 saturated carbocycles. The molecule has 0 saturated heterocycles. The van der Waals surface area contributed by atoms with Crippen molar-refractivity contribution in [3.05, 3.63) is 63.6 Å². The van der Waals surface area contributed by atoms with Gasteiger partial charge >= 0.3 is 5.97 Å². The topological polar surface area (TPSA) is 92.6 Å². The number of thiocarbonyl (C=S) groups is 1. The molecule has 0 fully saturated rings. The summed E-state index contributed by atoms with van der Waals surface area (Å²) in [6.45, 7) is 1.86. The van der Waals surface area contributed by atoms with E-state index in [1.807, 2.05) is 36.4 Å². The van der Waals surface area contributed by atoms with E-state index in [1.165, 1.54) is 7.11 Å². The highest BCUT2D eigenvalue weighted by Gasteiger charge is 2.34. The minimum absolute atomic E-state index is 0.129. The van der Waals surface area contributed by atoms with Crippen molar-refractivity contribution in [2.75, 3.05) is 20.3 Å². The molecule has 1 aliphatic rings. The number of esters is 1. The van der Waals surface area contributed by atoms with Crippen LogP contribution in [0.4, 0.5) is 0 Å². The van der Waals surface area contributed by atoms with Crippen molar-refractivity contribution in [1.29, 1.82) is 5.26 Å². The van der Waals surface area contributed by atoms with Crippen molar-refractivity contribution < 1.29 is 19.0 Å². The maximum absolute atomic E-state index is 13.0. The van der Waals surface area contributed by atoms with Gasteiger partial charge in [-0.3, -0.25) is 0 Å². The lowest BCUT2D eigenvalue weighted by Crippen LogP contribution is -2.45. The van der Waals surface area contributed by atoms with Gasteiger partial charge < -0.3 is 24.8 Å². The quantitative estimate of drug-likeness (QED) is 0.436. The molecule has 0 unspecified atom stereocenters. The second kappa shape index (κ2) is 10.3. The molecule has 0 aromatic heterocycles. The molecule has 0 aliphatic carbocycles. The number of nitrogens with one attached hydrogen (secondary N) is 2. The molecule has 9 heteroatoms. The number of rotatable bonds is 7. The van der Waals surface area contributed by atoms with Gasteiger partial charge in [0, 0.05) is 0 Å². The van der Waals surface area contributed by atoms with Gasteiger partial charge in [0.25, 0.3) is 0 Å². The molecule has 2 aromatic carbocycles. The number of ether oxygens (including phenoxy) is 3. The van der Waals surface area contributed by atoms with Gasteiger partial charge in [-0.15, -0.1) is 0 Å². The average Bonchev–Trinajstić information content (AvgIpc) is 2.77. The Labute approximate surface area is 194 Å². The molecule has 3 rings (SSSR count). The van der Waals surface area contributed by atoms with Gasteiger partial charge in [-0.25, -0.2) is 4.79 Å². The third kappa shape index (κ3) is 4.98. The molecule has 31 heavy (non-hydrogen) atoms. The Balaban J connectivity index is 2.18. The summed E-state index contributed by atoms with van der Waals surface area (Å²) in [5.41, 5.74) is 2.47. The molecule has 0 bridgehead atoms. The van der Waals surface area contributed by atoms with Crippen molar-refractivity contribution in [2.24, 2.45) is 0 Å². The van der Waals surface area contributed by atoms with Crippen LogP contribution in [0, 0.1) is 11.3 Å². The molecule has 2 aromatic rings. The number of nitrogens with zero attached hydrogens (tertiary/aromatic N) is 1. The fourth-order valence-corrected chi connectivity index (χ4v) is 4.02. The monoisotopic (exact) mass is 501 g/mol. The highest BCUT2D eigenvalue weighted by molar-refractivity contribution is 9.10. The smallest absolute Gasteiger partial charge is 0.338 e. The van der Waals surface area contributed by atoms with Gasteiger partial charge in [-0.05, 0) is 58.3 Å². The molecular weight excluding hydrogens is 482 g/mol. The van der Waals surface area contributed by atoms with Gasteiger partial charge in [0.15, 0.2) is 23.2 Å². The maximum Gasteiger partial charge on any atom is 0.338 e. The Morgan fingerprint density at radius 3 is 2.68 bits per heavy atom. The van der Waals surface area contributed by atoms with E-state index in [0.717, 1.165) is 5.56 Å². The number of carbonyl (C=O) groups excluding carboxylic acids is 1. The Hall–Kier alpha value is -3.09. The number of nitriles is 1. The number of benzene rings is 2. The summed E-state index contributed by atoms with van der Waals surface area (Å²) >= 11 is 8.90. The van der Waals surface area contributed by atoms with Crippen LogP contribution in [0.5, 0.6) is 11.5 Å². The zero-order valence-corrected chi connectivity index (χ0v) is 19.3. The molecule has 0 spiro atoms. The first-order chi connectivity index (χ1) is 15.0. The van der Waals surface area contributed by atoms with Crippen LogP contribution in [0.15, 0.2) is 52.5 Å². The van der Waals surface area contributed by atoms with E-state index in [9.17, 15) is 4.79 Å². The summed E-state index contributed by atoms with van der Waals surface area (Å²) in [6.07, 6.45) is 0. The molecule has 0 radical (unpaired) electrons. The van der Waals surface area contributed by atoms with E-state index in [2.05, 4.69) is 26.6 Å². The van der Waals surface area contributed by atoms with E-state index in [4.69, 9.17) is 31.7 Å². The third-order valence-electron chi connectivity index (χ3n) is 4.50. The molecule has 160 valence electrons. The van der Waals surface area contributed by atoms with Crippen molar-refractivity contribution in [3.63, 3.8) is 0 Å². The van der Waals surface area contributed by atoms with Crippen LogP contribution in [0.2, 0.25) is 0 Å². The lowest BCUT2D eigenvalue weighted by molar-refractivity contribution is -0.138. The standard InChI is InChI=1S/C22H20BrN3O4S/c1-3-29-21(27)17-18(13-7-5-4-6-8-13)25-22(31)26-19(17)14-11-15(23)20(30-10-9-24)16(12-14)28-2/h4-8,11-12,19H,3,10H2,1-2H3,(H2,25,26,31)/t19-/m1/s1. The summed E-state index contributed by atoms with van der Waals surface area (Å²) < 4.78 is 16.9. The number of carbonyl (C=O) groups is 1. The van der Waals surface area contributed by atoms with Crippen LogP contribution in [-0.2, 0) is 9.53 Å². The molecule has 1 heterocycles. The lowest BCUT2D eigenvalue weighted by atomic mass is 9.92. The SMILES string of the molecule is CCOC(=O)C1=C(c2ccccc2)NC(=S)N[C@@H]1c1cc(Br)c(OCC#N)c(OC)c1. The molecule has 1 atom stereocenters. The van der Waals surface area contributed by atoms with Gasteiger partial charge in [0.1, 0.15) is 6.07 Å². The first-order valence-electron chi connectivity index (χ1n) is 9.41. The fraction of sp³-hybridized carbons (Fsp3) is 0.227. The highest BCUT2D eigenvalue weighted by atomic mass is 79.9. The summed E-state index contributed by atoms with van der Waals surface area (Å²) in [5.74, 6) is 0.346. The van der Waals surface area contributed by atoms with E-state index < -0.39 is 12.0 Å². The molecule has 1 aliphatic heterocycles. The van der Waals surface area contributed by atoms with Gasteiger partial charge in [-0.1, -0.05) is 30.3 Å². The fourth-order valence-electron chi connectivity index (χ4n) is 3.23. The third-order valence-corrected chi connectivity index (χ3v) is 5.30.